The maximum Gasteiger partial charge on any atom is 0.254 e. The minimum absolute atomic E-state index is 0.159. The van der Waals surface area contributed by atoms with E-state index in [0.717, 1.165) is 18.5 Å². The van der Waals surface area contributed by atoms with Crippen LogP contribution in [0, 0.1) is 0 Å². The van der Waals surface area contributed by atoms with Crippen molar-refractivity contribution in [2.45, 2.75) is 44.4 Å². The molecular formula is C17H24N2O. The van der Waals surface area contributed by atoms with Gasteiger partial charge in [-0.25, -0.2) is 0 Å². The predicted octanol–water partition coefficient (Wildman–Crippen LogP) is 2.69. The van der Waals surface area contributed by atoms with Gasteiger partial charge in [0.2, 0.25) is 0 Å². The summed E-state index contributed by atoms with van der Waals surface area (Å²) >= 11 is 0. The van der Waals surface area contributed by atoms with E-state index in [9.17, 15) is 4.79 Å². The number of hydrogen-bond donors (Lipinski definition) is 1. The molecule has 2 N–H and O–H groups in total. The van der Waals surface area contributed by atoms with Crippen LogP contribution in [0.1, 0.15) is 59.5 Å². The average molecular weight is 272 g/mol. The van der Waals surface area contributed by atoms with Gasteiger partial charge in [-0.1, -0.05) is 31.4 Å². The molecule has 0 spiro atoms. The van der Waals surface area contributed by atoms with Crippen molar-refractivity contribution in [1.29, 1.82) is 0 Å². The Bertz CT molecular complexity index is 492. The van der Waals surface area contributed by atoms with Gasteiger partial charge in [0, 0.05) is 25.2 Å². The largest absolute Gasteiger partial charge is 0.337 e. The number of nitrogens with two attached hydrogens (primary N) is 1. The van der Waals surface area contributed by atoms with Gasteiger partial charge < -0.3 is 10.6 Å². The first-order chi connectivity index (χ1) is 9.79. The Hall–Kier alpha value is -1.35. The van der Waals surface area contributed by atoms with Crippen LogP contribution in [0.25, 0.3) is 0 Å². The van der Waals surface area contributed by atoms with Gasteiger partial charge in [0.05, 0.1) is 0 Å². The number of carbonyl (C=O) groups excluding carboxylic acids is 1. The van der Waals surface area contributed by atoms with Crippen LogP contribution in [0.5, 0.6) is 0 Å². The van der Waals surface area contributed by atoms with E-state index in [0.29, 0.717) is 19.0 Å². The molecule has 2 aliphatic rings. The highest BCUT2D eigenvalue weighted by Gasteiger charge is 2.25. The van der Waals surface area contributed by atoms with E-state index in [1.54, 1.807) is 0 Å². The van der Waals surface area contributed by atoms with Gasteiger partial charge in [-0.3, -0.25) is 4.79 Å². The number of rotatable bonds is 3. The molecule has 1 amide bonds. The molecule has 0 aromatic heterocycles. The van der Waals surface area contributed by atoms with E-state index in [2.05, 4.69) is 12.1 Å². The van der Waals surface area contributed by atoms with Crippen molar-refractivity contribution in [3.8, 4) is 0 Å². The highest BCUT2D eigenvalue weighted by Crippen LogP contribution is 2.34. The maximum atomic E-state index is 12.4. The number of hydrogen-bond acceptors (Lipinski definition) is 2. The third-order valence-corrected chi connectivity index (χ3v) is 4.77. The van der Waals surface area contributed by atoms with E-state index < -0.39 is 0 Å². The molecule has 3 heteroatoms. The van der Waals surface area contributed by atoms with Gasteiger partial charge in [0.15, 0.2) is 0 Å². The molecule has 1 aliphatic carbocycles. The molecule has 108 valence electrons. The zero-order chi connectivity index (χ0) is 13.9. The zero-order valence-electron chi connectivity index (χ0n) is 12.1. The third-order valence-electron chi connectivity index (χ3n) is 4.77. The van der Waals surface area contributed by atoms with Gasteiger partial charge in [-0.15, -0.1) is 0 Å². The fourth-order valence-electron chi connectivity index (χ4n) is 3.62. The lowest BCUT2D eigenvalue weighted by atomic mass is 9.82. The topological polar surface area (TPSA) is 46.3 Å². The summed E-state index contributed by atoms with van der Waals surface area (Å²) in [5.41, 5.74) is 9.15. The quantitative estimate of drug-likeness (QED) is 0.919. The Kier molecular flexibility index (Phi) is 4.06. The smallest absolute Gasteiger partial charge is 0.254 e. The Morgan fingerprint density at radius 1 is 1.20 bits per heavy atom. The molecule has 20 heavy (non-hydrogen) atoms. The fraction of sp³-hybridized carbons (Fsp3) is 0.588. The number of benzene rings is 1. The molecule has 0 unspecified atom stereocenters. The highest BCUT2D eigenvalue weighted by molar-refractivity contribution is 5.96. The van der Waals surface area contributed by atoms with E-state index in [1.807, 2.05) is 11.0 Å². The number of fused-ring (bicyclic) bond motifs is 1. The summed E-state index contributed by atoms with van der Waals surface area (Å²) in [5.74, 6) is 0.873. The molecule has 1 heterocycles. The lowest BCUT2D eigenvalue weighted by Crippen LogP contribution is -2.40. The van der Waals surface area contributed by atoms with Crippen molar-refractivity contribution in [3.05, 3.63) is 34.9 Å². The standard InChI is InChI=1S/C17H24N2O/c18-9-11-19-10-8-15-12-14(6-7-16(15)17(19)20)13-4-2-1-3-5-13/h6-7,12-13H,1-5,8-11,18H2. The van der Waals surface area contributed by atoms with Crippen molar-refractivity contribution in [3.63, 3.8) is 0 Å². The van der Waals surface area contributed by atoms with Crippen LogP contribution in [-0.4, -0.2) is 30.4 Å². The van der Waals surface area contributed by atoms with Gasteiger partial charge in [0.1, 0.15) is 0 Å². The first kappa shape index (κ1) is 13.6. The summed E-state index contributed by atoms with van der Waals surface area (Å²) in [4.78, 5) is 14.2. The molecule has 1 saturated carbocycles. The number of nitrogens with zero attached hydrogens (tertiary/aromatic N) is 1. The van der Waals surface area contributed by atoms with Crippen LogP contribution in [-0.2, 0) is 6.42 Å². The second-order valence-corrected chi connectivity index (χ2v) is 6.08. The molecule has 0 saturated heterocycles. The molecular weight excluding hydrogens is 248 g/mol. The van der Waals surface area contributed by atoms with Crippen LogP contribution in [0.4, 0.5) is 0 Å². The Balaban J connectivity index is 1.81. The van der Waals surface area contributed by atoms with Crippen LogP contribution >= 0.6 is 0 Å². The molecule has 1 aromatic carbocycles. The van der Waals surface area contributed by atoms with Gasteiger partial charge in [-0.2, -0.15) is 0 Å². The second kappa shape index (κ2) is 5.96. The van der Waals surface area contributed by atoms with Crippen molar-refractivity contribution in [1.82, 2.24) is 4.90 Å². The minimum atomic E-state index is 0.159. The van der Waals surface area contributed by atoms with Crippen LogP contribution in [0.15, 0.2) is 18.2 Å². The average Bonchev–Trinajstić information content (AvgIpc) is 2.51. The molecule has 3 rings (SSSR count). The third kappa shape index (κ3) is 2.59. The summed E-state index contributed by atoms with van der Waals surface area (Å²) in [6.07, 6.45) is 7.68. The minimum Gasteiger partial charge on any atom is -0.337 e. The first-order valence-corrected chi connectivity index (χ1v) is 7.92. The molecule has 1 aliphatic heterocycles. The van der Waals surface area contributed by atoms with E-state index >= 15 is 0 Å². The van der Waals surface area contributed by atoms with Crippen molar-refractivity contribution in [2.75, 3.05) is 19.6 Å². The maximum absolute atomic E-state index is 12.4. The molecule has 3 nitrogen and oxygen atoms in total. The Labute approximate surface area is 121 Å². The zero-order valence-corrected chi connectivity index (χ0v) is 12.1. The highest BCUT2D eigenvalue weighted by atomic mass is 16.2. The van der Waals surface area contributed by atoms with Gasteiger partial charge >= 0.3 is 0 Å². The SMILES string of the molecule is NCCN1CCc2cc(C3CCCCC3)ccc2C1=O. The summed E-state index contributed by atoms with van der Waals surface area (Å²) in [7, 11) is 0. The van der Waals surface area contributed by atoms with Crippen molar-refractivity contribution < 1.29 is 4.79 Å². The van der Waals surface area contributed by atoms with E-state index in [4.69, 9.17) is 5.73 Å². The lowest BCUT2D eigenvalue weighted by molar-refractivity contribution is 0.0744. The second-order valence-electron chi connectivity index (χ2n) is 6.08. The van der Waals surface area contributed by atoms with Gasteiger partial charge in [0.25, 0.3) is 5.91 Å². The summed E-state index contributed by atoms with van der Waals surface area (Å²) in [5, 5.41) is 0. The fourth-order valence-corrected chi connectivity index (χ4v) is 3.62. The number of carbonyl (C=O) groups is 1. The Morgan fingerprint density at radius 2 is 2.00 bits per heavy atom. The van der Waals surface area contributed by atoms with E-state index in [-0.39, 0.29) is 5.91 Å². The van der Waals surface area contributed by atoms with Crippen LogP contribution in [0.2, 0.25) is 0 Å². The monoisotopic (exact) mass is 272 g/mol. The summed E-state index contributed by atoms with van der Waals surface area (Å²) in [6.45, 7) is 2.03. The molecule has 0 atom stereocenters. The van der Waals surface area contributed by atoms with Crippen molar-refractivity contribution >= 4 is 5.91 Å². The molecule has 1 fully saturated rings. The van der Waals surface area contributed by atoms with E-state index in [1.165, 1.54) is 43.2 Å². The predicted molar refractivity (Wildman–Crippen MR) is 80.9 cm³/mol. The van der Waals surface area contributed by atoms with Crippen LogP contribution in [0.3, 0.4) is 0 Å². The van der Waals surface area contributed by atoms with Crippen molar-refractivity contribution in [2.24, 2.45) is 5.73 Å². The van der Waals surface area contributed by atoms with Crippen LogP contribution < -0.4 is 5.73 Å². The molecule has 0 radical (unpaired) electrons. The summed E-state index contributed by atoms with van der Waals surface area (Å²) in [6, 6.07) is 6.52. The number of amides is 1. The normalized spacial score (nSPS) is 20.1. The summed E-state index contributed by atoms with van der Waals surface area (Å²) < 4.78 is 0. The lowest BCUT2D eigenvalue weighted by Gasteiger charge is -2.29. The molecule has 0 bridgehead atoms. The first-order valence-electron chi connectivity index (χ1n) is 7.92. The Morgan fingerprint density at radius 3 is 2.75 bits per heavy atom. The van der Waals surface area contributed by atoms with Gasteiger partial charge in [-0.05, 0) is 42.4 Å². The molecule has 1 aromatic rings.